The highest BCUT2D eigenvalue weighted by Crippen LogP contribution is 2.30. The summed E-state index contributed by atoms with van der Waals surface area (Å²) in [4.78, 5) is 11.6. The first-order valence-corrected chi connectivity index (χ1v) is 6.11. The summed E-state index contributed by atoms with van der Waals surface area (Å²) in [5.41, 5.74) is 0.251. The Morgan fingerprint density at radius 2 is 1.95 bits per heavy atom. The molecule has 20 heavy (non-hydrogen) atoms. The summed E-state index contributed by atoms with van der Waals surface area (Å²) in [7, 11) is 0. The minimum absolute atomic E-state index is 0.0907. The summed E-state index contributed by atoms with van der Waals surface area (Å²) in [6, 6.07) is 3.90. The Labute approximate surface area is 115 Å². The molecule has 1 aromatic carbocycles. The fourth-order valence-corrected chi connectivity index (χ4v) is 1.29. The summed E-state index contributed by atoms with van der Waals surface area (Å²) in [6.07, 6.45) is -2.89. The van der Waals surface area contributed by atoms with Gasteiger partial charge in [-0.1, -0.05) is 25.5 Å². The molecule has 0 atom stereocenters. The summed E-state index contributed by atoms with van der Waals surface area (Å²) >= 11 is 0. The quantitative estimate of drug-likeness (QED) is 0.850. The third-order valence-electron chi connectivity index (χ3n) is 2.79. The van der Waals surface area contributed by atoms with Gasteiger partial charge in [-0.15, -0.1) is 0 Å². The number of allylic oxidation sites excluding steroid dienone is 1. The molecule has 0 unspecified atom stereocenters. The Balaban J connectivity index is 2.70. The van der Waals surface area contributed by atoms with Crippen molar-refractivity contribution >= 4 is 11.7 Å². The molecule has 0 fully saturated rings. The third-order valence-corrected chi connectivity index (χ3v) is 2.79. The molecule has 0 aliphatic rings. The molecular weight excluding hydrogens is 269 g/mol. The minimum atomic E-state index is -4.43. The van der Waals surface area contributed by atoms with Crippen molar-refractivity contribution in [3.8, 4) is 0 Å². The van der Waals surface area contributed by atoms with Crippen LogP contribution in [-0.2, 0) is 6.18 Å². The van der Waals surface area contributed by atoms with E-state index in [1.807, 2.05) is 20.8 Å². The maximum absolute atomic E-state index is 12.5. The first-order valence-electron chi connectivity index (χ1n) is 6.11. The van der Waals surface area contributed by atoms with E-state index in [0.29, 0.717) is 0 Å². The van der Waals surface area contributed by atoms with Gasteiger partial charge in [0.25, 0.3) is 0 Å². The van der Waals surface area contributed by atoms with E-state index in [2.05, 4.69) is 10.6 Å². The predicted molar refractivity (Wildman–Crippen MR) is 72.2 cm³/mol. The number of hydrogen-bond donors (Lipinski definition) is 2. The highest BCUT2D eigenvalue weighted by molar-refractivity contribution is 5.90. The van der Waals surface area contributed by atoms with Crippen LogP contribution in [0.4, 0.5) is 23.7 Å². The number of halogens is 3. The first-order chi connectivity index (χ1) is 9.20. The van der Waals surface area contributed by atoms with Gasteiger partial charge in [-0.25, -0.2) is 4.79 Å². The van der Waals surface area contributed by atoms with Gasteiger partial charge >= 0.3 is 12.2 Å². The molecule has 110 valence electrons. The molecule has 0 aliphatic heterocycles. The topological polar surface area (TPSA) is 41.1 Å². The lowest BCUT2D eigenvalue weighted by atomic mass is 10.1. The highest BCUT2D eigenvalue weighted by Gasteiger charge is 2.30. The fraction of sp³-hybridized carbons (Fsp3) is 0.357. The monoisotopic (exact) mass is 286 g/mol. The van der Waals surface area contributed by atoms with Gasteiger partial charge in [0.15, 0.2) is 0 Å². The zero-order valence-electron chi connectivity index (χ0n) is 11.5. The lowest BCUT2D eigenvalue weighted by Crippen LogP contribution is -2.24. The average Bonchev–Trinajstić information content (AvgIpc) is 2.35. The van der Waals surface area contributed by atoms with Crippen LogP contribution in [0.25, 0.3) is 0 Å². The van der Waals surface area contributed by atoms with E-state index in [1.54, 1.807) is 0 Å². The number of urea groups is 1. The minimum Gasteiger partial charge on any atom is -0.314 e. The zero-order valence-corrected chi connectivity index (χ0v) is 11.5. The van der Waals surface area contributed by atoms with Gasteiger partial charge in [-0.3, -0.25) is 0 Å². The van der Waals surface area contributed by atoms with E-state index < -0.39 is 17.8 Å². The second-order valence-electron chi connectivity index (χ2n) is 4.72. The van der Waals surface area contributed by atoms with Crippen LogP contribution in [0.5, 0.6) is 0 Å². The van der Waals surface area contributed by atoms with Gasteiger partial charge in [0.1, 0.15) is 0 Å². The Morgan fingerprint density at radius 1 is 1.30 bits per heavy atom. The van der Waals surface area contributed by atoms with Gasteiger partial charge in [0.2, 0.25) is 0 Å². The second-order valence-corrected chi connectivity index (χ2v) is 4.72. The third kappa shape index (κ3) is 4.95. The molecule has 0 saturated carbocycles. The van der Waals surface area contributed by atoms with E-state index in [1.165, 1.54) is 18.3 Å². The molecule has 2 amide bonds. The van der Waals surface area contributed by atoms with Crippen LogP contribution in [-0.4, -0.2) is 6.03 Å². The number of rotatable bonds is 3. The summed E-state index contributed by atoms with van der Waals surface area (Å²) in [5.74, 6) is 0.281. The summed E-state index contributed by atoms with van der Waals surface area (Å²) in [5, 5.41) is 4.83. The van der Waals surface area contributed by atoms with Crippen molar-refractivity contribution in [1.29, 1.82) is 0 Å². The van der Waals surface area contributed by atoms with E-state index >= 15 is 0 Å². The SMILES string of the molecule is C/C(=C\NC(=O)Nc1cccc(C(F)(F)F)c1)C(C)C. The molecule has 0 spiro atoms. The molecule has 0 saturated heterocycles. The van der Waals surface area contributed by atoms with Crippen LogP contribution in [0, 0.1) is 5.92 Å². The van der Waals surface area contributed by atoms with Crippen molar-refractivity contribution in [3.63, 3.8) is 0 Å². The van der Waals surface area contributed by atoms with E-state index in [4.69, 9.17) is 0 Å². The molecule has 1 aromatic rings. The van der Waals surface area contributed by atoms with Crippen molar-refractivity contribution in [1.82, 2.24) is 5.32 Å². The number of alkyl halides is 3. The molecule has 3 nitrogen and oxygen atoms in total. The lowest BCUT2D eigenvalue weighted by molar-refractivity contribution is -0.137. The van der Waals surface area contributed by atoms with E-state index in [-0.39, 0.29) is 11.6 Å². The van der Waals surface area contributed by atoms with Crippen molar-refractivity contribution in [3.05, 3.63) is 41.6 Å². The number of amides is 2. The number of benzene rings is 1. The fourth-order valence-electron chi connectivity index (χ4n) is 1.29. The number of carbonyl (C=O) groups is 1. The standard InChI is InChI=1S/C14H17F3N2O/c1-9(2)10(3)8-18-13(20)19-12-6-4-5-11(7-12)14(15,16)17/h4-9H,1-3H3,(H2,18,19,20)/b10-8+. The molecule has 0 aromatic heterocycles. The predicted octanol–water partition coefficient (Wildman–Crippen LogP) is 4.39. The Morgan fingerprint density at radius 3 is 2.50 bits per heavy atom. The molecule has 0 bridgehead atoms. The van der Waals surface area contributed by atoms with E-state index in [0.717, 1.165) is 17.7 Å². The van der Waals surface area contributed by atoms with Crippen LogP contribution < -0.4 is 10.6 Å². The van der Waals surface area contributed by atoms with E-state index in [9.17, 15) is 18.0 Å². The van der Waals surface area contributed by atoms with Gasteiger partial charge in [-0.05, 0) is 31.0 Å². The molecule has 0 heterocycles. The van der Waals surface area contributed by atoms with Gasteiger partial charge < -0.3 is 10.6 Å². The molecular formula is C14H17F3N2O. The number of anilines is 1. The maximum atomic E-state index is 12.5. The lowest BCUT2D eigenvalue weighted by Gasteiger charge is -2.10. The van der Waals surface area contributed by atoms with Gasteiger partial charge in [0, 0.05) is 11.9 Å². The summed E-state index contributed by atoms with van der Waals surface area (Å²) < 4.78 is 37.5. The van der Waals surface area contributed by atoms with Crippen molar-refractivity contribution in [2.45, 2.75) is 26.9 Å². The normalized spacial score (nSPS) is 12.4. The molecule has 1 rings (SSSR count). The molecule has 0 radical (unpaired) electrons. The van der Waals surface area contributed by atoms with Crippen LogP contribution in [0.15, 0.2) is 36.0 Å². The smallest absolute Gasteiger partial charge is 0.314 e. The number of hydrogen-bond acceptors (Lipinski definition) is 1. The summed E-state index contributed by atoms with van der Waals surface area (Å²) in [6.45, 7) is 5.80. The van der Waals surface area contributed by atoms with Crippen LogP contribution in [0.3, 0.4) is 0 Å². The first kappa shape index (κ1) is 16.1. The highest BCUT2D eigenvalue weighted by atomic mass is 19.4. The van der Waals surface area contributed by atoms with Crippen LogP contribution in [0.2, 0.25) is 0 Å². The molecule has 6 heteroatoms. The van der Waals surface area contributed by atoms with Crippen molar-refractivity contribution in [2.75, 3.05) is 5.32 Å². The maximum Gasteiger partial charge on any atom is 0.416 e. The molecule has 0 aliphatic carbocycles. The zero-order chi connectivity index (χ0) is 15.3. The Bertz CT molecular complexity index is 507. The molecule has 2 N–H and O–H groups in total. The average molecular weight is 286 g/mol. The van der Waals surface area contributed by atoms with Crippen molar-refractivity contribution in [2.24, 2.45) is 5.92 Å². The van der Waals surface area contributed by atoms with Crippen LogP contribution >= 0.6 is 0 Å². The van der Waals surface area contributed by atoms with Gasteiger partial charge in [-0.2, -0.15) is 13.2 Å². The largest absolute Gasteiger partial charge is 0.416 e. The second kappa shape index (κ2) is 6.45. The van der Waals surface area contributed by atoms with Crippen molar-refractivity contribution < 1.29 is 18.0 Å². The van der Waals surface area contributed by atoms with Gasteiger partial charge in [0.05, 0.1) is 5.56 Å². The number of carbonyl (C=O) groups excluding carboxylic acids is 1. The Kier molecular flexibility index (Phi) is 5.19. The van der Waals surface area contributed by atoms with Crippen LogP contribution in [0.1, 0.15) is 26.3 Å². The number of nitrogens with one attached hydrogen (secondary N) is 2. The Hall–Kier alpha value is -1.98.